The maximum atomic E-state index is 13.9. The number of carbonyl (C=O) groups excluding carboxylic acids is 1. The fourth-order valence-corrected chi connectivity index (χ4v) is 3.74. The first-order valence-electron chi connectivity index (χ1n) is 10.5. The average molecular weight is 442 g/mol. The van der Waals surface area contributed by atoms with Gasteiger partial charge >= 0.3 is 0 Å². The van der Waals surface area contributed by atoms with E-state index in [1.165, 1.54) is 0 Å². The molecule has 0 aromatic carbocycles. The highest BCUT2D eigenvalue weighted by Crippen LogP contribution is 2.39. The van der Waals surface area contributed by atoms with Crippen LogP contribution in [-0.4, -0.2) is 47.7 Å². The molecule has 5 aromatic rings. The topological polar surface area (TPSA) is 113 Å². The Hall–Kier alpha value is -4.34. The Kier molecular flexibility index (Phi) is 4.32. The lowest BCUT2D eigenvalue weighted by atomic mass is 10.1. The van der Waals surface area contributed by atoms with E-state index in [1.54, 1.807) is 47.6 Å². The van der Waals surface area contributed by atoms with Gasteiger partial charge in [-0.3, -0.25) is 9.78 Å². The Bertz CT molecular complexity index is 1490. The molecule has 1 fully saturated rings. The third-order valence-electron chi connectivity index (χ3n) is 5.78. The number of nitrogens with one attached hydrogen (secondary N) is 3. The van der Waals surface area contributed by atoms with Crippen molar-refractivity contribution in [2.24, 2.45) is 0 Å². The highest BCUT2D eigenvalue weighted by atomic mass is 19.1. The largest absolute Gasteiger partial charge is 0.351 e. The number of nitrogens with zero attached hydrogens (tertiary/aromatic N) is 5. The van der Waals surface area contributed by atoms with E-state index in [4.69, 9.17) is 0 Å². The Morgan fingerprint density at radius 3 is 2.97 bits per heavy atom. The third-order valence-corrected chi connectivity index (χ3v) is 5.78. The summed E-state index contributed by atoms with van der Waals surface area (Å²) in [5, 5.41) is 10.9. The molecule has 0 atom stereocenters. The summed E-state index contributed by atoms with van der Waals surface area (Å²) in [6, 6.07) is 7.35. The molecule has 0 spiro atoms. The van der Waals surface area contributed by atoms with E-state index < -0.39 is 5.67 Å². The molecule has 0 aliphatic heterocycles. The molecule has 1 aliphatic rings. The van der Waals surface area contributed by atoms with Crippen LogP contribution in [0.15, 0.2) is 61.4 Å². The molecule has 0 saturated heterocycles. The molecule has 1 saturated carbocycles. The number of aromatic amines is 1. The van der Waals surface area contributed by atoms with E-state index in [0.29, 0.717) is 41.2 Å². The minimum Gasteiger partial charge on any atom is -0.351 e. The van der Waals surface area contributed by atoms with Crippen molar-refractivity contribution in [1.29, 1.82) is 0 Å². The van der Waals surface area contributed by atoms with Crippen LogP contribution in [0.4, 0.5) is 16.0 Å². The second-order valence-corrected chi connectivity index (χ2v) is 8.16. The van der Waals surface area contributed by atoms with Crippen molar-refractivity contribution < 1.29 is 9.18 Å². The lowest BCUT2D eigenvalue weighted by molar-refractivity contribution is 0.102. The number of alkyl halides is 1. The zero-order valence-corrected chi connectivity index (χ0v) is 17.4. The average Bonchev–Trinajstić information content (AvgIpc) is 3.23. The summed E-state index contributed by atoms with van der Waals surface area (Å²) in [6.45, 7) is 0.216. The van der Waals surface area contributed by atoms with Crippen molar-refractivity contribution in [3.05, 3.63) is 67.0 Å². The van der Waals surface area contributed by atoms with Gasteiger partial charge in [0.2, 0.25) is 5.95 Å². The number of fused-ring (bicyclic) bond motifs is 2. The Morgan fingerprint density at radius 2 is 2.15 bits per heavy atom. The van der Waals surface area contributed by atoms with Gasteiger partial charge in [0.25, 0.3) is 5.91 Å². The van der Waals surface area contributed by atoms with Crippen molar-refractivity contribution in [3.63, 3.8) is 0 Å². The number of carbonyl (C=O) groups is 1. The van der Waals surface area contributed by atoms with Crippen LogP contribution in [0, 0.1) is 0 Å². The number of rotatable bonds is 6. The molecule has 164 valence electrons. The van der Waals surface area contributed by atoms with Crippen molar-refractivity contribution >= 4 is 34.1 Å². The van der Waals surface area contributed by atoms with E-state index in [-0.39, 0.29) is 12.5 Å². The molecule has 5 aromatic heterocycles. The molecule has 33 heavy (non-hydrogen) atoms. The number of amides is 1. The number of hydrogen-bond acceptors (Lipinski definition) is 6. The summed E-state index contributed by atoms with van der Waals surface area (Å²) < 4.78 is 15.5. The number of hydrogen-bond donors (Lipinski definition) is 3. The smallest absolute Gasteiger partial charge is 0.259 e. The van der Waals surface area contributed by atoms with Gasteiger partial charge in [-0.2, -0.15) is 10.1 Å². The quantitative estimate of drug-likeness (QED) is 0.368. The van der Waals surface area contributed by atoms with Gasteiger partial charge in [-0.1, -0.05) is 0 Å². The first-order valence-corrected chi connectivity index (χ1v) is 10.5. The summed E-state index contributed by atoms with van der Waals surface area (Å²) in [7, 11) is 0. The van der Waals surface area contributed by atoms with E-state index in [1.807, 2.05) is 18.3 Å². The van der Waals surface area contributed by atoms with Crippen LogP contribution in [0.5, 0.6) is 0 Å². The van der Waals surface area contributed by atoms with E-state index in [9.17, 15) is 9.18 Å². The molecule has 10 heteroatoms. The molecule has 0 unspecified atom stereocenters. The summed E-state index contributed by atoms with van der Waals surface area (Å²) in [6.07, 6.45) is 11.3. The van der Waals surface area contributed by atoms with Gasteiger partial charge in [0.15, 0.2) is 0 Å². The summed E-state index contributed by atoms with van der Waals surface area (Å²) in [5.41, 5.74) is 3.02. The van der Waals surface area contributed by atoms with Crippen molar-refractivity contribution in [3.8, 4) is 11.1 Å². The molecule has 1 amide bonds. The lowest BCUT2D eigenvalue weighted by Gasteiger charge is -2.07. The fraction of sp³-hybridized carbons (Fsp3) is 0.174. The van der Waals surface area contributed by atoms with Crippen molar-refractivity contribution in [2.45, 2.75) is 18.5 Å². The minimum atomic E-state index is -1.12. The van der Waals surface area contributed by atoms with Crippen LogP contribution in [-0.2, 0) is 0 Å². The van der Waals surface area contributed by atoms with Crippen LogP contribution in [0.3, 0.4) is 0 Å². The standard InChI is InChI=1S/C23H19FN8O/c24-23(4-5-23)13-28-22-27-11-17-16(10-26-20(17)31-22)14-3-7-32-19(8-14)18(12-29-32)21(33)30-15-2-1-6-25-9-15/h1-3,6-12H,4-5,13H2,(H,30,33)(H2,26,27,28,31). The number of anilines is 2. The van der Waals surface area contributed by atoms with Gasteiger partial charge in [0.05, 0.1) is 35.7 Å². The molecule has 1 aliphatic carbocycles. The van der Waals surface area contributed by atoms with Crippen LogP contribution in [0.1, 0.15) is 23.2 Å². The van der Waals surface area contributed by atoms with Crippen LogP contribution in [0.2, 0.25) is 0 Å². The Balaban J connectivity index is 1.31. The fourth-order valence-electron chi connectivity index (χ4n) is 3.74. The maximum absolute atomic E-state index is 13.9. The molecule has 0 bridgehead atoms. The molecule has 6 rings (SSSR count). The van der Waals surface area contributed by atoms with Crippen LogP contribution < -0.4 is 10.6 Å². The first kappa shape index (κ1) is 19.4. The minimum absolute atomic E-state index is 0.216. The lowest BCUT2D eigenvalue weighted by Crippen LogP contribution is -2.17. The van der Waals surface area contributed by atoms with Gasteiger partial charge < -0.3 is 15.6 Å². The normalized spacial score (nSPS) is 14.5. The molecule has 9 nitrogen and oxygen atoms in total. The monoisotopic (exact) mass is 442 g/mol. The molecule has 0 radical (unpaired) electrons. The number of halogens is 1. The summed E-state index contributed by atoms with van der Waals surface area (Å²) >= 11 is 0. The molecule has 5 heterocycles. The number of H-pyrrole nitrogens is 1. The van der Waals surface area contributed by atoms with E-state index in [2.05, 4.69) is 35.7 Å². The van der Waals surface area contributed by atoms with Crippen molar-refractivity contribution in [1.82, 2.24) is 29.5 Å². The predicted octanol–water partition coefficient (Wildman–Crippen LogP) is 3.83. The van der Waals surface area contributed by atoms with Crippen LogP contribution >= 0.6 is 0 Å². The summed E-state index contributed by atoms with van der Waals surface area (Å²) in [4.78, 5) is 28.8. The SMILES string of the molecule is O=C(Nc1cccnc1)c1cnn2ccc(-c3c[nH]c4nc(NCC5(F)CC5)ncc34)cc12. The third kappa shape index (κ3) is 3.65. The zero-order chi connectivity index (χ0) is 22.4. The molecular weight excluding hydrogens is 423 g/mol. The number of aromatic nitrogens is 6. The van der Waals surface area contributed by atoms with Crippen molar-refractivity contribution in [2.75, 3.05) is 17.2 Å². The van der Waals surface area contributed by atoms with E-state index in [0.717, 1.165) is 16.5 Å². The van der Waals surface area contributed by atoms with Gasteiger partial charge in [-0.05, 0) is 42.7 Å². The molecule has 3 N–H and O–H groups in total. The molecular formula is C23H19FN8O. The van der Waals surface area contributed by atoms with Gasteiger partial charge in [0.1, 0.15) is 11.3 Å². The zero-order valence-electron chi connectivity index (χ0n) is 17.4. The van der Waals surface area contributed by atoms with Gasteiger partial charge in [-0.15, -0.1) is 0 Å². The Labute approximate surface area is 187 Å². The maximum Gasteiger partial charge on any atom is 0.259 e. The highest BCUT2D eigenvalue weighted by molar-refractivity contribution is 6.09. The predicted molar refractivity (Wildman–Crippen MR) is 122 cm³/mol. The van der Waals surface area contributed by atoms with E-state index >= 15 is 0 Å². The number of pyridine rings is 2. The second-order valence-electron chi connectivity index (χ2n) is 8.16. The van der Waals surface area contributed by atoms with Gasteiger partial charge in [0, 0.05) is 35.7 Å². The van der Waals surface area contributed by atoms with Crippen LogP contribution in [0.25, 0.3) is 27.7 Å². The van der Waals surface area contributed by atoms with Gasteiger partial charge in [-0.25, -0.2) is 13.9 Å². The summed E-state index contributed by atoms with van der Waals surface area (Å²) in [5.74, 6) is 0.120. The Morgan fingerprint density at radius 1 is 1.24 bits per heavy atom. The first-order chi connectivity index (χ1) is 16.1. The second kappa shape index (κ2) is 7.37. The highest BCUT2D eigenvalue weighted by Gasteiger charge is 2.43.